The van der Waals surface area contributed by atoms with E-state index >= 15 is 0 Å². The molecular formula is C23H21FN2O2S. The summed E-state index contributed by atoms with van der Waals surface area (Å²) in [5.41, 5.74) is 3.13. The van der Waals surface area contributed by atoms with Gasteiger partial charge in [0.05, 0.1) is 5.69 Å². The maximum absolute atomic E-state index is 13.5. The van der Waals surface area contributed by atoms with E-state index in [0.717, 1.165) is 24.9 Å². The normalized spacial score (nSPS) is 13.5. The summed E-state index contributed by atoms with van der Waals surface area (Å²) in [5, 5.41) is 4.80. The van der Waals surface area contributed by atoms with Gasteiger partial charge in [-0.25, -0.2) is 4.39 Å². The van der Waals surface area contributed by atoms with E-state index in [-0.39, 0.29) is 11.8 Å². The summed E-state index contributed by atoms with van der Waals surface area (Å²) in [7, 11) is 0. The highest BCUT2D eigenvalue weighted by Gasteiger charge is 2.23. The molecular weight excluding hydrogens is 387 g/mol. The number of nitrogens with zero attached hydrogens (tertiary/aromatic N) is 1. The average Bonchev–Trinajstić information content (AvgIpc) is 3.09. The van der Waals surface area contributed by atoms with E-state index in [4.69, 9.17) is 0 Å². The highest BCUT2D eigenvalue weighted by atomic mass is 32.1. The Labute approximate surface area is 173 Å². The van der Waals surface area contributed by atoms with Crippen molar-refractivity contribution in [1.29, 1.82) is 0 Å². The van der Waals surface area contributed by atoms with Crippen molar-refractivity contribution < 1.29 is 14.0 Å². The highest BCUT2D eigenvalue weighted by Crippen LogP contribution is 2.32. The lowest BCUT2D eigenvalue weighted by Crippen LogP contribution is -2.31. The molecule has 148 valence electrons. The smallest absolute Gasteiger partial charge is 0.258 e. The number of aryl methyl sites for hydroxylation is 2. The maximum atomic E-state index is 13.5. The van der Waals surface area contributed by atoms with Crippen LogP contribution in [0.5, 0.6) is 0 Å². The summed E-state index contributed by atoms with van der Waals surface area (Å²) < 4.78 is 13.5. The monoisotopic (exact) mass is 408 g/mol. The van der Waals surface area contributed by atoms with Gasteiger partial charge in [0.25, 0.3) is 11.8 Å². The van der Waals surface area contributed by atoms with Crippen LogP contribution in [0.1, 0.15) is 44.0 Å². The van der Waals surface area contributed by atoms with Crippen LogP contribution in [0.4, 0.5) is 15.8 Å². The number of halogens is 1. The second-order valence-corrected chi connectivity index (χ2v) is 8.13. The summed E-state index contributed by atoms with van der Waals surface area (Å²) in [6.07, 6.45) is 3.08. The standard InChI is InChI=1S/C23H21FN2O2S/c1-15-5-8-17(24)14-19(15)22(27)25-18-9-6-16(7-10-18)23(28)26-12-3-2-4-21-20(26)11-13-29-21/h5-11,13-14H,2-4,12H2,1H3,(H,25,27). The van der Waals surface area contributed by atoms with Crippen molar-refractivity contribution in [1.82, 2.24) is 0 Å². The number of nitrogens with one attached hydrogen (secondary N) is 1. The van der Waals surface area contributed by atoms with Gasteiger partial charge in [0.15, 0.2) is 0 Å². The molecule has 4 rings (SSSR count). The predicted molar refractivity (Wildman–Crippen MR) is 114 cm³/mol. The number of anilines is 2. The lowest BCUT2D eigenvalue weighted by molar-refractivity contribution is 0.0985. The molecule has 1 aliphatic heterocycles. The van der Waals surface area contributed by atoms with Crippen molar-refractivity contribution in [2.75, 3.05) is 16.8 Å². The van der Waals surface area contributed by atoms with E-state index in [1.165, 1.54) is 17.0 Å². The van der Waals surface area contributed by atoms with Gasteiger partial charge in [-0.2, -0.15) is 0 Å². The van der Waals surface area contributed by atoms with Crippen LogP contribution in [0, 0.1) is 12.7 Å². The van der Waals surface area contributed by atoms with Gasteiger partial charge >= 0.3 is 0 Å². The molecule has 2 aromatic carbocycles. The maximum Gasteiger partial charge on any atom is 0.258 e. The first kappa shape index (κ1) is 19.3. The number of hydrogen-bond donors (Lipinski definition) is 1. The molecule has 2 amide bonds. The van der Waals surface area contributed by atoms with Crippen LogP contribution in [0.15, 0.2) is 53.9 Å². The number of amides is 2. The minimum Gasteiger partial charge on any atom is -0.322 e. The van der Waals surface area contributed by atoms with E-state index in [1.54, 1.807) is 48.6 Å². The van der Waals surface area contributed by atoms with Crippen LogP contribution < -0.4 is 10.2 Å². The molecule has 1 aliphatic rings. The van der Waals surface area contributed by atoms with E-state index < -0.39 is 5.82 Å². The fourth-order valence-corrected chi connectivity index (χ4v) is 4.46. The Morgan fingerprint density at radius 1 is 1.07 bits per heavy atom. The molecule has 0 fully saturated rings. The first-order valence-corrected chi connectivity index (χ1v) is 10.5. The van der Waals surface area contributed by atoms with Crippen molar-refractivity contribution in [2.24, 2.45) is 0 Å². The van der Waals surface area contributed by atoms with Gasteiger partial charge in [-0.3, -0.25) is 9.59 Å². The summed E-state index contributed by atoms with van der Waals surface area (Å²) in [5.74, 6) is -0.867. The van der Waals surface area contributed by atoms with E-state index in [9.17, 15) is 14.0 Å². The van der Waals surface area contributed by atoms with Crippen LogP contribution >= 0.6 is 11.3 Å². The van der Waals surface area contributed by atoms with Crippen molar-refractivity contribution in [2.45, 2.75) is 26.2 Å². The number of carbonyl (C=O) groups excluding carboxylic acids is 2. The number of rotatable bonds is 3. The summed E-state index contributed by atoms with van der Waals surface area (Å²) >= 11 is 1.70. The van der Waals surface area contributed by atoms with Gasteiger partial charge in [0.2, 0.25) is 0 Å². The summed E-state index contributed by atoms with van der Waals surface area (Å²) in [6, 6.07) is 13.0. The molecule has 0 saturated heterocycles. The minimum absolute atomic E-state index is 0.0367. The summed E-state index contributed by atoms with van der Waals surface area (Å²) in [6.45, 7) is 2.47. The van der Waals surface area contributed by atoms with Gasteiger partial charge < -0.3 is 10.2 Å². The van der Waals surface area contributed by atoms with Crippen LogP contribution in [0.25, 0.3) is 0 Å². The number of benzene rings is 2. The highest BCUT2D eigenvalue weighted by molar-refractivity contribution is 7.10. The largest absolute Gasteiger partial charge is 0.322 e. The Morgan fingerprint density at radius 3 is 2.66 bits per heavy atom. The zero-order valence-corrected chi connectivity index (χ0v) is 16.9. The fourth-order valence-electron chi connectivity index (χ4n) is 3.54. The van der Waals surface area contributed by atoms with Crippen molar-refractivity contribution in [3.8, 4) is 0 Å². The number of fused-ring (bicyclic) bond motifs is 1. The topological polar surface area (TPSA) is 49.4 Å². The molecule has 0 radical (unpaired) electrons. The molecule has 0 bridgehead atoms. The minimum atomic E-state index is -0.452. The van der Waals surface area contributed by atoms with E-state index in [1.807, 2.05) is 16.3 Å². The second-order valence-electron chi connectivity index (χ2n) is 7.13. The molecule has 3 aromatic rings. The molecule has 6 heteroatoms. The fraction of sp³-hybridized carbons (Fsp3) is 0.217. The third-order valence-corrected chi connectivity index (χ3v) is 6.10. The third kappa shape index (κ3) is 4.07. The number of thiophene rings is 1. The molecule has 0 saturated carbocycles. The SMILES string of the molecule is Cc1ccc(F)cc1C(=O)Nc1ccc(C(=O)N2CCCCc3sccc32)cc1. The second kappa shape index (κ2) is 8.17. The van der Waals surface area contributed by atoms with Crippen LogP contribution in [-0.2, 0) is 6.42 Å². The van der Waals surface area contributed by atoms with E-state index in [2.05, 4.69) is 5.32 Å². The number of hydrogen-bond acceptors (Lipinski definition) is 3. The molecule has 4 nitrogen and oxygen atoms in total. The van der Waals surface area contributed by atoms with Gasteiger partial charge in [-0.05, 0) is 79.6 Å². The van der Waals surface area contributed by atoms with Crippen LogP contribution in [0.3, 0.4) is 0 Å². The van der Waals surface area contributed by atoms with Gasteiger partial charge in [0, 0.05) is 28.2 Å². The molecule has 29 heavy (non-hydrogen) atoms. The van der Waals surface area contributed by atoms with Crippen LogP contribution in [0.2, 0.25) is 0 Å². The van der Waals surface area contributed by atoms with E-state index in [0.29, 0.717) is 28.9 Å². The Balaban J connectivity index is 1.50. The zero-order chi connectivity index (χ0) is 20.4. The molecule has 0 spiro atoms. The number of carbonyl (C=O) groups is 2. The predicted octanol–water partition coefficient (Wildman–Crippen LogP) is 5.43. The molecule has 0 atom stereocenters. The summed E-state index contributed by atoms with van der Waals surface area (Å²) in [4.78, 5) is 28.6. The Bertz CT molecular complexity index is 1060. The molecule has 0 aliphatic carbocycles. The molecule has 0 unspecified atom stereocenters. The Hall–Kier alpha value is -2.99. The quantitative estimate of drug-likeness (QED) is 0.628. The molecule has 1 N–H and O–H groups in total. The zero-order valence-electron chi connectivity index (χ0n) is 16.1. The molecule has 1 aromatic heterocycles. The average molecular weight is 408 g/mol. The van der Waals surface area contributed by atoms with Gasteiger partial charge in [-0.15, -0.1) is 11.3 Å². The Kier molecular flexibility index (Phi) is 5.45. The third-order valence-electron chi connectivity index (χ3n) is 5.13. The van der Waals surface area contributed by atoms with Crippen molar-refractivity contribution in [3.63, 3.8) is 0 Å². The van der Waals surface area contributed by atoms with Crippen molar-refractivity contribution >= 4 is 34.5 Å². The molecule has 2 heterocycles. The van der Waals surface area contributed by atoms with Gasteiger partial charge in [-0.1, -0.05) is 6.07 Å². The van der Waals surface area contributed by atoms with Gasteiger partial charge in [0.1, 0.15) is 5.82 Å². The van der Waals surface area contributed by atoms with Crippen LogP contribution in [-0.4, -0.2) is 18.4 Å². The lowest BCUT2D eigenvalue weighted by Gasteiger charge is -2.21. The first-order valence-electron chi connectivity index (χ1n) is 9.59. The lowest BCUT2D eigenvalue weighted by atomic mass is 10.1. The van der Waals surface area contributed by atoms with Crippen molar-refractivity contribution in [3.05, 3.63) is 81.3 Å². The Morgan fingerprint density at radius 2 is 1.86 bits per heavy atom. The first-order chi connectivity index (χ1) is 14.0.